The van der Waals surface area contributed by atoms with Crippen molar-refractivity contribution in [2.45, 2.75) is 45.2 Å². The summed E-state index contributed by atoms with van der Waals surface area (Å²) in [6.45, 7) is 3.67. The van der Waals surface area contributed by atoms with Crippen LogP contribution in [0.3, 0.4) is 0 Å². The molecule has 0 saturated carbocycles. The van der Waals surface area contributed by atoms with E-state index in [1.54, 1.807) is 0 Å². The molecule has 0 fully saturated rings. The van der Waals surface area contributed by atoms with Crippen LogP contribution in [0.5, 0.6) is 0 Å². The molecule has 0 spiro atoms. The van der Waals surface area contributed by atoms with Crippen LogP contribution >= 0.6 is 15.9 Å². The van der Waals surface area contributed by atoms with E-state index in [1.165, 1.54) is 32.6 Å². The molecule has 2 aromatic rings. The Bertz CT molecular complexity index is 838. The Morgan fingerprint density at radius 3 is 2.78 bits per heavy atom. The van der Waals surface area contributed by atoms with Crippen molar-refractivity contribution >= 4 is 15.9 Å². The Hall–Kier alpha value is -1.82. The number of aromatic nitrogens is 2. The molecule has 0 radical (unpaired) electrons. The maximum atomic E-state index is 12.5. The summed E-state index contributed by atoms with van der Waals surface area (Å²) in [5.41, 5.74) is 5.20. The molecule has 0 amide bonds. The molecule has 1 aromatic carbocycles. The summed E-state index contributed by atoms with van der Waals surface area (Å²) in [7, 11) is 0. The number of hydrogen-bond acceptors (Lipinski definition) is 3. The van der Waals surface area contributed by atoms with Crippen LogP contribution in [0.2, 0.25) is 0 Å². The second-order valence-corrected chi connectivity index (χ2v) is 7.10. The minimum absolute atomic E-state index is 0.0719. The molecule has 5 nitrogen and oxygen atoms in total. The molecule has 1 aliphatic rings. The number of aryl methyl sites for hydroxylation is 1. The summed E-state index contributed by atoms with van der Waals surface area (Å²) >= 11 is 3.51. The smallest absolute Gasteiger partial charge is 0.314 e. The molecule has 122 valence electrons. The standard InChI is InChI=1S/C17H20BrN3O2/c1-11(2)21-16(22)8-9-20(17(21)23)19-15-5-3-4-12-10-13(18)6-7-14(12)15/h6-11,15,19H,3-5H2,1-2H3. The number of fused-ring (bicyclic) bond motifs is 1. The summed E-state index contributed by atoms with van der Waals surface area (Å²) < 4.78 is 3.77. The summed E-state index contributed by atoms with van der Waals surface area (Å²) in [6, 6.07) is 7.60. The third-order valence-electron chi connectivity index (χ3n) is 4.25. The normalized spacial score (nSPS) is 17.1. The van der Waals surface area contributed by atoms with E-state index < -0.39 is 0 Å². The second kappa shape index (κ2) is 6.35. The van der Waals surface area contributed by atoms with Gasteiger partial charge in [-0.3, -0.25) is 9.36 Å². The summed E-state index contributed by atoms with van der Waals surface area (Å²) in [5.74, 6) is 0. The maximum Gasteiger partial charge on any atom is 0.349 e. The van der Waals surface area contributed by atoms with Gasteiger partial charge in [0.15, 0.2) is 0 Å². The number of nitrogens with zero attached hydrogens (tertiary/aromatic N) is 2. The lowest BCUT2D eigenvalue weighted by Crippen LogP contribution is -2.44. The first kappa shape index (κ1) is 16.1. The number of benzene rings is 1. The van der Waals surface area contributed by atoms with Gasteiger partial charge in [0.1, 0.15) is 0 Å². The second-order valence-electron chi connectivity index (χ2n) is 6.19. The van der Waals surface area contributed by atoms with Gasteiger partial charge in [0.2, 0.25) is 0 Å². The first-order valence-corrected chi connectivity index (χ1v) is 8.65. The highest BCUT2D eigenvalue weighted by Crippen LogP contribution is 2.32. The van der Waals surface area contributed by atoms with E-state index in [0.717, 1.165) is 23.7 Å². The summed E-state index contributed by atoms with van der Waals surface area (Å²) in [5, 5.41) is 0. The van der Waals surface area contributed by atoms with Crippen molar-refractivity contribution in [1.82, 2.24) is 9.24 Å². The van der Waals surface area contributed by atoms with Crippen molar-refractivity contribution in [3.8, 4) is 0 Å². The van der Waals surface area contributed by atoms with Crippen LogP contribution in [-0.4, -0.2) is 9.24 Å². The fraction of sp³-hybridized carbons (Fsp3) is 0.412. The summed E-state index contributed by atoms with van der Waals surface area (Å²) in [4.78, 5) is 24.4. The molecule has 0 saturated heterocycles. The lowest BCUT2D eigenvalue weighted by molar-refractivity contribution is 0.494. The summed E-state index contributed by atoms with van der Waals surface area (Å²) in [6.07, 6.45) is 4.60. The van der Waals surface area contributed by atoms with Gasteiger partial charge in [-0.1, -0.05) is 22.0 Å². The van der Waals surface area contributed by atoms with Crippen LogP contribution in [0.1, 0.15) is 49.9 Å². The molecule has 1 heterocycles. The highest BCUT2D eigenvalue weighted by atomic mass is 79.9. The molecule has 3 rings (SSSR count). The van der Waals surface area contributed by atoms with E-state index in [-0.39, 0.29) is 23.3 Å². The monoisotopic (exact) mass is 377 g/mol. The highest BCUT2D eigenvalue weighted by molar-refractivity contribution is 9.10. The van der Waals surface area contributed by atoms with Gasteiger partial charge in [0.25, 0.3) is 5.56 Å². The van der Waals surface area contributed by atoms with E-state index >= 15 is 0 Å². The zero-order valence-electron chi connectivity index (χ0n) is 13.3. The Kier molecular flexibility index (Phi) is 4.43. The molecule has 0 aliphatic heterocycles. The van der Waals surface area contributed by atoms with Gasteiger partial charge in [-0.2, -0.15) is 0 Å². The van der Waals surface area contributed by atoms with Crippen LogP contribution < -0.4 is 16.7 Å². The Morgan fingerprint density at radius 1 is 1.26 bits per heavy atom. The zero-order chi connectivity index (χ0) is 16.6. The van der Waals surface area contributed by atoms with Crippen LogP contribution in [0.25, 0.3) is 0 Å². The Balaban J connectivity index is 1.97. The van der Waals surface area contributed by atoms with E-state index in [2.05, 4.69) is 33.5 Å². The average molecular weight is 378 g/mol. The fourth-order valence-corrected chi connectivity index (χ4v) is 3.56. The molecule has 1 unspecified atom stereocenters. The van der Waals surface area contributed by atoms with E-state index in [1.807, 2.05) is 19.9 Å². The van der Waals surface area contributed by atoms with E-state index in [0.29, 0.717) is 0 Å². The van der Waals surface area contributed by atoms with Crippen molar-refractivity contribution < 1.29 is 0 Å². The first-order chi connectivity index (χ1) is 11.0. The number of rotatable bonds is 3. The van der Waals surface area contributed by atoms with Crippen molar-refractivity contribution in [1.29, 1.82) is 0 Å². The predicted octanol–water partition coefficient (Wildman–Crippen LogP) is 2.97. The molecule has 1 atom stereocenters. The zero-order valence-corrected chi connectivity index (χ0v) is 14.8. The fourth-order valence-electron chi connectivity index (χ4n) is 3.15. The van der Waals surface area contributed by atoms with Gasteiger partial charge in [-0.25, -0.2) is 9.47 Å². The SMILES string of the molecule is CC(C)n1c(=O)ccn(NC2CCCc3cc(Br)ccc32)c1=O. The Morgan fingerprint density at radius 2 is 2.04 bits per heavy atom. The number of hydrogen-bond donors (Lipinski definition) is 1. The molecule has 1 N–H and O–H groups in total. The van der Waals surface area contributed by atoms with Crippen molar-refractivity contribution in [3.63, 3.8) is 0 Å². The largest absolute Gasteiger partial charge is 0.349 e. The molecule has 0 bridgehead atoms. The number of nitrogens with one attached hydrogen (secondary N) is 1. The number of halogens is 1. The van der Waals surface area contributed by atoms with Gasteiger partial charge in [0, 0.05) is 22.8 Å². The minimum atomic E-state index is -0.322. The quantitative estimate of drug-likeness (QED) is 0.894. The lowest BCUT2D eigenvalue weighted by Gasteiger charge is -2.28. The molecule has 6 heteroatoms. The van der Waals surface area contributed by atoms with Crippen molar-refractivity contribution in [2.75, 3.05) is 5.43 Å². The van der Waals surface area contributed by atoms with Crippen LogP contribution in [0.4, 0.5) is 0 Å². The topological polar surface area (TPSA) is 56.0 Å². The third kappa shape index (κ3) is 3.13. The molecule has 1 aromatic heterocycles. The highest BCUT2D eigenvalue weighted by Gasteiger charge is 2.21. The average Bonchev–Trinajstić information content (AvgIpc) is 2.49. The van der Waals surface area contributed by atoms with Crippen molar-refractivity contribution in [2.24, 2.45) is 0 Å². The Labute approximate surface area is 143 Å². The van der Waals surface area contributed by atoms with Gasteiger partial charge >= 0.3 is 5.69 Å². The van der Waals surface area contributed by atoms with Gasteiger partial charge in [0.05, 0.1) is 6.04 Å². The van der Waals surface area contributed by atoms with Gasteiger partial charge in [-0.15, -0.1) is 0 Å². The van der Waals surface area contributed by atoms with Crippen LogP contribution in [0.15, 0.2) is 44.5 Å². The third-order valence-corrected chi connectivity index (χ3v) is 4.74. The minimum Gasteiger partial charge on any atom is -0.314 e. The maximum absolute atomic E-state index is 12.5. The van der Waals surface area contributed by atoms with E-state index in [4.69, 9.17) is 0 Å². The predicted molar refractivity (Wildman–Crippen MR) is 94.5 cm³/mol. The molecular formula is C17H20BrN3O2. The molecular weight excluding hydrogens is 358 g/mol. The van der Waals surface area contributed by atoms with Crippen LogP contribution in [0, 0.1) is 0 Å². The van der Waals surface area contributed by atoms with Crippen LogP contribution in [-0.2, 0) is 6.42 Å². The first-order valence-electron chi connectivity index (χ1n) is 7.86. The van der Waals surface area contributed by atoms with Gasteiger partial charge < -0.3 is 5.43 Å². The molecule has 1 aliphatic carbocycles. The van der Waals surface area contributed by atoms with E-state index in [9.17, 15) is 9.59 Å². The van der Waals surface area contributed by atoms with Crippen molar-refractivity contribution in [3.05, 3.63) is 66.9 Å². The van der Waals surface area contributed by atoms with Gasteiger partial charge in [-0.05, 0) is 56.4 Å². The molecule has 23 heavy (non-hydrogen) atoms. The lowest BCUT2D eigenvalue weighted by atomic mass is 9.88.